The molecule has 1 aromatic rings. The molecule has 1 aromatic heterocycles. The first-order valence-corrected chi connectivity index (χ1v) is 5.78. The molecule has 0 saturated heterocycles. The van der Waals surface area contributed by atoms with Crippen molar-refractivity contribution in [3.8, 4) is 0 Å². The molecule has 2 N–H and O–H groups in total. The predicted octanol–water partition coefficient (Wildman–Crippen LogP) is 2.38. The van der Waals surface area contributed by atoms with Crippen LogP contribution >= 0.6 is 0 Å². The number of nitrogens with two attached hydrogens (primary N) is 1. The molecule has 2 rings (SSSR count). The number of nitrogens with zero attached hydrogens (tertiary/aromatic N) is 2. The van der Waals surface area contributed by atoms with E-state index in [4.69, 9.17) is 5.73 Å². The normalized spacial score (nSPS) is 16.5. The fourth-order valence-corrected chi connectivity index (χ4v) is 1.97. The summed E-state index contributed by atoms with van der Waals surface area (Å²) in [6.07, 6.45) is -2.00. The van der Waals surface area contributed by atoms with Gasteiger partial charge in [0.15, 0.2) is 11.6 Å². The molecule has 0 amide bonds. The van der Waals surface area contributed by atoms with Gasteiger partial charge in [0.2, 0.25) is 0 Å². The second kappa shape index (κ2) is 5.16. The highest BCUT2D eigenvalue weighted by Crippen LogP contribution is 2.31. The van der Waals surface area contributed by atoms with Crippen LogP contribution in [0.2, 0.25) is 0 Å². The molecule has 7 heteroatoms. The molecule has 104 valence electrons. The van der Waals surface area contributed by atoms with Crippen LogP contribution in [0.4, 0.5) is 23.4 Å². The predicted molar refractivity (Wildman–Crippen MR) is 63.1 cm³/mol. The maximum atomic E-state index is 14.0. The smallest absolute Gasteiger partial charge is 0.350 e. The van der Waals surface area contributed by atoms with Gasteiger partial charge in [-0.05, 0) is 12.5 Å². The SMILES string of the molecule is NCc1ccnc(N2CC=C(C(F)(F)F)CC2)c1F. The largest absolute Gasteiger partial charge is 0.412 e. The van der Waals surface area contributed by atoms with Crippen molar-refractivity contribution in [3.05, 3.63) is 35.3 Å². The van der Waals surface area contributed by atoms with E-state index in [0.717, 1.165) is 6.08 Å². The monoisotopic (exact) mass is 275 g/mol. The van der Waals surface area contributed by atoms with E-state index in [1.807, 2.05) is 0 Å². The molecule has 2 heterocycles. The Morgan fingerprint density at radius 3 is 2.63 bits per heavy atom. The number of hydrogen-bond acceptors (Lipinski definition) is 3. The van der Waals surface area contributed by atoms with E-state index in [-0.39, 0.29) is 31.9 Å². The fourth-order valence-electron chi connectivity index (χ4n) is 1.97. The van der Waals surface area contributed by atoms with Gasteiger partial charge < -0.3 is 10.6 Å². The molecule has 0 saturated carbocycles. The minimum absolute atomic E-state index is 0.00715. The van der Waals surface area contributed by atoms with E-state index >= 15 is 0 Å². The Hall–Kier alpha value is -1.63. The van der Waals surface area contributed by atoms with Gasteiger partial charge >= 0.3 is 6.18 Å². The third-order valence-electron chi connectivity index (χ3n) is 3.04. The highest BCUT2D eigenvalue weighted by Gasteiger charge is 2.35. The molecular formula is C12H13F4N3. The van der Waals surface area contributed by atoms with E-state index in [0.29, 0.717) is 5.56 Å². The van der Waals surface area contributed by atoms with Gasteiger partial charge in [-0.2, -0.15) is 13.2 Å². The van der Waals surface area contributed by atoms with E-state index < -0.39 is 17.6 Å². The molecule has 0 spiro atoms. The molecule has 19 heavy (non-hydrogen) atoms. The molecule has 0 unspecified atom stereocenters. The number of pyridine rings is 1. The quantitative estimate of drug-likeness (QED) is 0.665. The fraction of sp³-hybridized carbons (Fsp3) is 0.417. The first-order valence-electron chi connectivity index (χ1n) is 5.78. The van der Waals surface area contributed by atoms with Crippen molar-refractivity contribution in [3.63, 3.8) is 0 Å². The molecule has 0 bridgehead atoms. The summed E-state index contributed by atoms with van der Waals surface area (Å²) in [7, 11) is 0. The van der Waals surface area contributed by atoms with Crippen LogP contribution in [-0.2, 0) is 6.54 Å². The Bertz CT molecular complexity index is 496. The van der Waals surface area contributed by atoms with E-state index in [2.05, 4.69) is 4.98 Å². The summed E-state index contributed by atoms with van der Waals surface area (Å²) in [6.45, 7) is 0.106. The average Bonchev–Trinajstić information content (AvgIpc) is 2.38. The second-order valence-corrected chi connectivity index (χ2v) is 4.23. The molecule has 0 aliphatic carbocycles. The van der Waals surface area contributed by atoms with Crippen molar-refractivity contribution in [1.82, 2.24) is 4.98 Å². The molecule has 3 nitrogen and oxygen atoms in total. The lowest BCUT2D eigenvalue weighted by atomic mass is 10.1. The highest BCUT2D eigenvalue weighted by molar-refractivity contribution is 5.45. The van der Waals surface area contributed by atoms with Gasteiger partial charge in [-0.15, -0.1) is 0 Å². The third-order valence-corrected chi connectivity index (χ3v) is 3.04. The summed E-state index contributed by atoms with van der Waals surface area (Å²) >= 11 is 0. The van der Waals surface area contributed by atoms with Gasteiger partial charge in [-0.1, -0.05) is 6.08 Å². The lowest BCUT2D eigenvalue weighted by Gasteiger charge is -2.28. The standard InChI is InChI=1S/C12H13F4N3/c13-10-8(7-17)1-4-18-11(10)19-5-2-9(3-6-19)12(14,15)16/h1-2,4H,3,5-7,17H2. The number of rotatable bonds is 2. The Kier molecular flexibility index (Phi) is 3.75. The van der Waals surface area contributed by atoms with Crippen molar-refractivity contribution in [2.24, 2.45) is 5.73 Å². The molecular weight excluding hydrogens is 262 g/mol. The van der Waals surface area contributed by atoms with Gasteiger partial charge in [-0.3, -0.25) is 0 Å². The Morgan fingerprint density at radius 1 is 1.37 bits per heavy atom. The number of aromatic nitrogens is 1. The number of halogens is 4. The van der Waals surface area contributed by atoms with Crippen molar-refractivity contribution in [1.29, 1.82) is 0 Å². The molecule has 1 aliphatic rings. The summed E-state index contributed by atoms with van der Waals surface area (Å²) in [5, 5.41) is 0. The van der Waals surface area contributed by atoms with Crippen molar-refractivity contribution in [2.75, 3.05) is 18.0 Å². The summed E-state index contributed by atoms with van der Waals surface area (Å²) in [4.78, 5) is 5.36. The van der Waals surface area contributed by atoms with E-state index in [1.54, 1.807) is 0 Å². The van der Waals surface area contributed by atoms with Crippen LogP contribution in [0.15, 0.2) is 23.9 Å². The molecule has 0 atom stereocenters. The first kappa shape index (κ1) is 13.8. The molecule has 1 aliphatic heterocycles. The second-order valence-electron chi connectivity index (χ2n) is 4.23. The summed E-state index contributed by atoms with van der Waals surface area (Å²) in [6, 6.07) is 1.46. The van der Waals surface area contributed by atoms with Crippen LogP contribution < -0.4 is 10.6 Å². The van der Waals surface area contributed by atoms with Crippen LogP contribution in [0.3, 0.4) is 0 Å². The van der Waals surface area contributed by atoms with E-state index in [1.165, 1.54) is 17.2 Å². The topological polar surface area (TPSA) is 42.1 Å². The third kappa shape index (κ3) is 2.86. The Morgan fingerprint density at radius 2 is 2.11 bits per heavy atom. The zero-order valence-corrected chi connectivity index (χ0v) is 10.0. The molecule has 0 fully saturated rings. The highest BCUT2D eigenvalue weighted by atomic mass is 19.4. The molecule has 0 radical (unpaired) electrons. The van der Waals surface area contributed by atoms with Gasteiger partial charge in [0.1, 0.15) is 0 Å². The van der Waals surface area contributed by atoms with E-state index in [9.17, 15) is 17.6 Å². The van der Waals surface area contributed by atoms with Crippen molar-refractivity contribution < 1.29 is 17.6 Å². The minimum Gasteiger partial charge on any atom is -0.350 e. The Labute approximate surface area is 107 Å². The van der Waals surface area contributed by atoms with Crippen LogP contribution in [0.1, 0.15) is 12.0 Å². The zero-order valence-electron chi connectivity index (χ0n) is 10.0. The Balaban J connectivity index is 2.21. The maximum Gasteiger partial charge on any atom is 0.412 e. The molecule has 0 aromatic carbocycles. The summed E-state index contributed by atoms with van der Waals surface area (Å²) in [5.41, 5.74) is 5.11. The minimum atomic E-state index is -4.31. The number of anilines is 1. The summed E-state index contributed by atoms with van der Waals surface area (Å²) in [5.74, 6) is -0.505. The van der Waals surface area contributed by atoms with Crippen molar-refractivity contribution in [2.45, 2.75) is 19.1 Å². The lowest BCUT2D eigenvalue weighted by Crippen LogP contribution is -2.33. The van der Waals surface area contributed by atoms with Crippen molar-refractivity contribution >= 4 is 5.82 Å². The van der Waals surface area contributed by atoms with Crippen LogP contribution in [-0.4, -0.2) is 24.2 Å². The van der Waals surface area contributed by atoms with Gasteiger partial charge in [-0.25, -0.2) is 9.37 Å². The average molecular weight is 275 g/mol. The van der Waals surface area contributed by atoms with Gasteiger partial charge in [0, 0.05) is 37.0 Å². The number of hydrogen-bond donors (Lipinski definition) is 1. The maximum absolute atomic E-state index is 14.0. The summed E-state index contributed by atoms with van der Waals surface area (Å²) < 4.78 is 51.4. The lowest BCUT2D eigenvalue weighted by molar-refractivity contribution is -0.0944. The number of alkyl halides is 3. The zero-order chi connectivity index (χ0) is 14.0. The first-order chi connectivity index (χ1) is 8.93. The van der Waals surface area contributed by atoms with Crippen LogP contribution in [0.25, 0.3) is 0 Å². The van der Waals surface area contributed by atoms with Gasteiger partial charge in [0.25, 0.3) is 0 Å². The van der Waals surface area contributed by atoms with Crippen LogP contribution in [0, 0.1) is 5.82 Å². The van der Waals surface area contributed by atoms with Gasteiger partial charge in [0.05, 0.1) is 0 Å². The van der Waals surface area contributed by atoms with Crippen LogP contribution in [0.5, 0.6) is 0 Å².